The zero-order chi connectivity index (χ0) is 15.4. The van der Waals surface area contributed by atoms with Crippen molar-refractivity contribution >= 4 is 10.0 Å². The Morgan fingerprint density at radius 2 is 1.85 bits per heavy atom. The van der Waals surface area contributed by atoms with Crippen LogP contribution >= 0.6 is 0 Å². The highest BCUT2D eigenvalue weighted by Gasteiger charge is 2.30. The Balaban J connectivity index is 2.52. The topological polar surface area (TPSA) is 72.9 Å². The standard InChI is InChI=1S/C13H29N3O3S/c1-5-14-13(3,11-17)10-12(2)15-6-8-16(9-7-15)20(4,18)19/h12,14,17H,5-11H2,1-4H3. The predicted molar refractivity (Wildman–Crippen MR) is 81.2 cm³/mol. The molecule has 6 nitrogen and oxygen atoms in total. The van der Waals surface area contributed by atoms with Crippen LogP contribution in [0.4, 0.5) is 0 Å². The summed E-state index contributed by atoms with van der Waals surface area (Å²) in [5.41, 5.74) is -0.276. The van der Waals surface area contributed by atoms with Crippen molar-refractivity contribution in [2.75, 3.05) is 45.6 Å². The van der Waals surface area contributed by atoms with Gasteiger partial charge in [-0.1, -0.05) is 6.92 Å². The number of sulfonamides is 1. The van der Waals surface area contributed by atoms with Gasteiger partial charge in [0.2, 0.25) is 10.0 Å². The van der Waals surface area contributed by atoms with Gasteiger partial charge in [0.25, 0.3) is 0 Å². The zero-order valence-electron chi connectivity index (χ0n) is 13.1. The molecule has 2 atom stereocenters. The van der Waals surface area contributed by atoms with Gasteiger partial charge in [-0.15, -0.1) is 0 Å². The van der Waals surface area contributed by atoms with E-state index in [9.17, 15) is 13.5 Å². The second-order valence-corrected chi connectivity index (χ2v) is 7.98. The molecule has 1 aliphatic heterocycles. The predicted octanol–water partition coefficient (Wildman–Crippen LogP) is -0.297. The van der Waals surface area contributed by atoms with Gasteiger partial charge < -0.3 is 10.4 Å². The molecule has 1 fully saturated rings. The molecule has 0 aromatic heterocycles. The number of aliphatic hydroxyl groups excluding tert-OH is 1. The van der Waals surface area contributed by atoms with Crippen molar-refractivity contribution in [2.24, 2.45) is 0 Å². The SMILES string of the molecule is CCNC(C)(CO)CC(C)N1CCN(S(C)(=O)=O)CC1. The number of nitrogens with zero attached hydrogens (tertiary/aromatic N) is 2. The Hall–Kier alpha value is -0.210. The molecule has 1 heterocycles. The summed E-state index contributed by atoms with van der Waals surface area (Å²) in [6.45, 7) is 9.74. The number of hydrogen-bond donors (Lipinski definition) is 2. The minimum absolute atomic E-state index is 0.106. The quantitative estimate of drug-likeness (QED) is 0.676. The fraction of sp³-hybridized carbons (Fsp3) is 1.00. The van der Waals surface area contributed by atoms with Crippen LogP contribution in [0.3, 0.4) is 0 Å². The second kappa shape index (κ2) is 7.17. The van der Waals surface area contributed by atoms with Crippen molar-refractivity contribution in [3.63, 3.8) is 0 Å². The van der Waals surface area contributed by atoms with E-state index in [0.29, 0.717) is 19.1 Å². The van der Waals surface area contributed by atoms with E-state index in [-0.39, 0.29) is 12.1 Å². The van der Waals surface area contributed by atoms with Gasteiger partial charge in [-0.2, -0.15) is 4.31 Å². The third-order valence-electron chi connectivity index (χ3n) is 4.06. The van der Waals surface area contributed by atoms with Crippen LogP contribution in [0.15, 0.2) is 0 Å². The number of piperazine rings is 1. The lowest BCUT2D eigenvalue weighted by atomic mass is 9.93. The van der Waals surface area contributed by atoms with Crippen molar-refractivity contribution < 1.29 is 13.5 Å². The number of likely N-dealkylation sites (N-methyl/N-ethyl adjacent to an activating group) is 1. The van der Waals surface area contributed by atoms with E-state index in [0.717, 1.165) is 26.1 Å². The normalized spacial score (nSPS) is 23.4. The first-order valence-corrected chi connectivity index (χ1v) is 9.12. The highest BCUT2D eigenvalue weighted by Crippen LogP contribution is 2.18. The Kier molecular flexibility index (Phi) is 6.40. The summed E-state index contributed by atoms with van der Waals surface area (Å²) >= 11 is 0. The van der Waals surface area contributed by atoms with Crippen molar-refractivity contribution in [3.05, 3.63) is 0 Å². The molecule has 0 radical (unpaired) electrons. The third-order valence-corrected chi connectivity index (χ3v) is 5.37. The van der Waals surface area contributed by atoms with E-state index in [2.05, 4.69) is 17.1 Å². The number of hydrogen-bond acceptors (Lipinski definition) is 5. The number of aliphatic hydroxyl groups is 1. The maximum Gasteiger partial charge on any atom is 0.211 e. The minimum Gasteiger partial charge on any atom is -0.394 e. The lowest BCUT2D eigenvalue weighted by Gasteiger charge is -2.40. The summed E-state index contributed by atoms with van der Waals surface area (Å²) in [4.78, 5) is 2.30. The van der Waals surface area contributed by atoms with E-state index in [4.69, 9.17) is 0 Å². The largest absolute Gasteiger partial charge is 0.394 e. The minimum atomic E-state index is -3.07. The molecule has 1 saturated heterocycles. The van der Waals surface area contributed by atoms with Crippen LogP contribution in [0.1, 0.15) is 27.2 Å². The molecule has 2 N–H and O–H groups in total. The average Bonchev–Trinajstić information content (AvgIpc) is 2.38. The van der Waals surface area contributed by atoms with Gasteiger partial charge in [0.15, 0.2) is 0 Å². The van der Waals surface area contributed by atoms with Gasteiger partial charge in [0, 0.05) is 37.8 Å². The summed E-state index contributed by atoms with van der Waals surface area (Å²) in [5.74, 6) is 0. The van der Waals surface area contributed by atoms with Gasteiger partial charge in [0.1, 0.15) is 0 Å². The highest BCUT2D eigenvalue weighted by molar-refractivity contribution is 7.88. The van der Waals surface area contributed by atoms with E-state index >= 15 is 0 Å². The van der Waals surface area contributed by atoms with Crippen LogP contribution in [0.2, 0.25) is 0 Å². The molecule has 0 spiro atoms. The Morgan fingerprint density at radius 3 is 2.25 bits per heavy atom. The molecule has 0 aromatic carbocycles. The monoisotopic (exact) mass is 307 g/mol. The fourth-order valence-electron chi connectivity index (χ4n) is 2.88. The first-order chi connectivity index (χ1) is 9.22. The maximum atomic E-state index is 11.5. The molecule has 0 bridgehead atoms. The summed E-state index contributed by atoms with van der Waals surface area (Å²) in [6.07, 6.45) is 2.11. The molecule has 0 amide bonds. The van der Waals surface area contributed by atoms with Gasteiger partial charge in [-0.05, 0) is 26.8 Å². The van der Waals surface area contributed by atoms with Crippen LogP contribution in [-0.4, -0.2) is 79.9 Å². The van der Waals surface area contributed by atoms with Crippen molar-refractivity contribution in [1.29, 1.82) is 0 Å². The smallest absolute Gasteiger partial charge is 0.211 e. The van der Waals surface area contributed by atoms with E-state index in [1.807, 2.05) is 13.8 Å². The molecular formula is C13H29N3O3S. The van der Waals surface area contributed by atoms with Crippen LogP contribution in [-0.2, 0) is 10.0 Å². The van der Waals surface area contributed by atoms with Crippen LogP contribution in [0, 0.1) is 0 Å². The molecule has 1 rings (SSSR count). The molecule has 0 aromatic rings. The summed E-state index contributed by atoms with van der Waals surface area (Å²) in [6, 6.07) is 0.313. The van der Waals surface area contributed by atoms with E-state index < -0.39 is 10.0 Å². The van der Waals surface area contributed by atoms with E-state index in [1.54, 1.807) is 0 Å². The van der Waals surface area contributed by atoms with E-state index in [1.165, 1.54) is 10.6 Å². The Bertz CT molecular complexity index is 394. The Morgan fingerprint density at radius 1 is 1.30 bits per heavy atom. The summed E-state index contributed by atoms with van der Waals surface area (Å²) < 4.78 is 24.5. The number of rotatable bonds is 7. The lowest BCUT2D eigenvalue weighted by Crippen LogP contribution is -2.55. The van der Waals surface area contributed by atoms with Gasteiger partial charge in [-0.3, -0.25) is 4.90 Å². The van der Waals surface area contributed by atoms with Gasteiger partial charge >= 0.3 is 0 Å². The lowest BCUT2D eigenvalue weighted by molar-refractivity contribution is 0.0938. The summed E-state index contributed by atoms with van der Waals surface area (Å²) in [7, 11) is -3.07. The first-order valence-electron chi connectivity index (χ1n) is 7.27. The zero-order valence-corrected chi connectivity index (χ0v) is 13.9. The molecule has 0 saturated carbocycles. The van der Waals surface area contributed by atoms with Crippen LogP contribution in [0.25, 0.3) is 0 Å². The summed E-state index contributed by atoms with van der Waals surface area (Å²) in [5, 5.41) is 12.9. The van der Waals surface area contributed by atoms with Gasteiger partial charge in [0.05, 0.1) is 12.9 Å². The first kappa shape index (κ1) is 17.8. The van der Waals surface area contributed by atoms with Crippen LogP contribution < -0.4 is 5.32 Å². The molecule has 1 aliphatic rings. The molecule has 7 heteroatoms. The maximum absolute atomic E-state index is 11.5. The van der Waals surface area contributed by atoms with Crippen molar-refractivity contribution in [2.45, 2.75) is 38.8 Å². The third kappa shape index (κ3) is 4.96. The molecule has 0 aliphatic carbocycles. The van der Waals surface area contributed by atoms with Crippen molar-refractivity contribution in [3.8, 4) is 0 Å². The molecule has 2 unspecified atom stereocenters. The Labute approximate surface area is 123 Å². The average molecular weight is 307 g/mol. The molecule has 20 heavy (non-hydrogen) atoms. The van der Waals surface area contributed by atoms with Crippen LogP contribution in [0.5, 0.6) is 0 Å². The molecular weight excluding hydrogens is 278 g/mol. The second-order valence-electron chi connectivity index (χ2n) is 6.00. The fourth-order valence-corrected chi connectivity index (χ4v) is 3.70. The number of nitrogens with one attached hydrogen (secondary N) is 1. The highest BCUT2D eigenvalue weighted by atomic mass is 32.2. The van der Waals surface area contributed by atoms with Gasteiger partial charge in [-0.25, -0.2) is 8.42 Å². The van der Waals surface area contributed by atoms with Crippen molar-refractivity contribution in [1.82, 2.24) is 14.5 Å². The molecule has 120 valence electrons.